The molecule has 1 aliphatic rings. The molecule has 0 radical (unpaired) electrons. The smallest absolute Gasteiger partial charge is 0.253 e. The summed E-state index contributed by atoms with van der Waals surface area (Å²) in [5, 5.41) is 9.61. The van der Waals surface area contributed by atoms with Gasteiger partial charge in [0.1, 0.15) is 0 Å². The lowest BCUT2D eigenvalue weighted by Gasteiger charge is -2.40. The minimum atomic E-state index is -0.0731. The molecule has 132 valence electrons. The first-order valence-electron chi connectivity index (χ1n) is 8.72. The predicted octanol–water partition coefficient (Wildman–Crippen LogP) is 2.40. The molecule has 0 aliphatic carbocycles. The number of benzene rings is 1. The Hall–Kier alpha value is -1.88. The molecule has 1 aliphatic heterocycles. The summed E-state index contributed by atoms with van der Waals surface area (Å²) in [5.74, 6) is -0.109. The monoisotopic (exact) mass is 332 g/mol. The van der Waals surface area contributed by atoms with Crippen LogP contribution in [0.5, 0.6) is 0 Å². The first kappa shape index (κ1) is 18.5. The van der Waals surface area contributed by atoms with Crippen molar-refractivity contribution in [3.8, 4) is 0 Å². The Kier molecular flexibility index (Phi) is 5.99. The van der Waals surface area contributed by atoms with Crippen molar-refractivity contribution < 1.29 is 14.7 Å². The molecular formula is C19H28N2O3. The van der Waals surface area contributed by atoms with E-state index in [0.717, 1.165) is 19.3 Å². The van der Waals surface area contributed by atoms with Crippen LogP contribution in [0.2, 0.25) is 0 Å². The molecule has 1 fully saturated rings. The van der Waals surface area contributed by atoms with Gasteiger partial charge in [0, 0.05) is 44.4 Å². The fraction of sp³-hybridized carbons (Fsp3) is 0.579. The zero-order valence-corrected chi connectivity index (χ0v) is 14.9. The summed E-state index contributed by atoms with van der Waals surface area (Å²) in [6.07, 6.45) is 2.57. The maximum absolute atomic E-state index is 12.7. The predicted molar refractivity (Wildman–Crippen MR) is 94.0 cm³/mol. The Balaban J connectivity index is 2.10. The van der Waals surface area contributed by atoms with Crippen LogP contribution in [-0.2, 0) is 0 Å². The van der Waals surface area contributed by atoms with E-state index in [2.05, 4.69) is 6.92 Å². The van der Waals surface area contributed by atoms with Crippen LogP contribution in [0.15, 0.2) is 24.3 Å². The van der Waals surface area contributed by atoms with E-state index in [1.54, 1.807) is 36.2 Å². The first-order chi connectivity index (χ1) is 11.5. The van der Waals surface area contributed by atoms with Crippen LogP contribution in [0, 0.1) is 5.41 Å². The van der Waals surface area contributed by atoms with Crippen molar-refractivity contribution in [3.05, 3.63) is 35.4 Å². The molecule has 0 aromatic heterocycles. The Labute approximate surface area is 144 Å². The molecule has 1 aromatic carbocycles. The Morgan fingerprint density at radius 1 is 1.21 bits per heavy atom. The summed E-state index contributed by atoms with van der Waals surface area (Å²) < 4.78 is 0. The average molecular weight is 332 g/mol. The van der Waals surface area contributed by atoms with Crippen molar-refractivity contribution >= 4 is 11.8 Å². The Morgan fingerprint density at radius 2 is 1.83 bits per heavy atom. The van der Waals surface area contributed by atoms with E-state index in [1.807, 2.05) is 11.8 Å². The molecule has 2 amide bonds. The molecule has 0 bridgehead atoms. The summed E-state index contributed by atoms with van der Waals surface area (Å²) in [5.41, 5.74) is 1.05. The van der Waals surface area contributed by atoms with E-state index in [0.29, 0.717) is 30.8 Å². The minimum Gasteiger partial charge on any atom is -0.396 e. The van der Waals surface area contributed by atoms with Crippen molar-refractivity contribution in [1.82, 2.24) is 9.80 Å². The number of nitrogens with zero attached hydrogens (tertiary/aromatic N) is 2. The number of likely N-dealkylation sites (tertiary alicyclic amines) is 1. The molecule has 1 N–H and O–H groups in total. The van der Waals surface area contributed by atoms with E-state index >= 15 is 0 Å². The summed E-state index contributed by atoms with van der Waals surface area (Å²) in [4.78, 5) is 28.5. The molecule has 0 atom stereocenters. The summed E-state index contributed by atoms with van der Waals surface area (Å²) in [6.45, 7) is 6.12. The fourth-order valence-corrected chi connectivity index (χ4v) is 3.14. The largest absolute Gasteiger partial charge is 0.396 e. The highest BCUT2D eigenvalue weighted by Crippen LogP contribution is 2.34. The van der Waals surface area contributed by atoms with E-state index < -0.39 is 0 Å². The zero-order valence-electron chi connectivity index (χ0n) is 14.9. The number of rotatable bonds is 5. The second-order valence-electron chi connectivity index (χ2n) is 6.70. The molecule has 1 aromatic rings. The van der Waals surface area contributed by atoms with Gasteiger partial charge in [0.25, 0.3) is 11.8 Å². The lowest BCUT2D eigenvalue weighted by molar-refractivity contribution is 0.0338. The van der Waals surface area contributed by atoms with Crippen LogP contribution >= 0.6 is 0 Å². The van der Waals surface area contributed by atoms with Crippen molar-refractivity contribution in [3.63, 3.8) is 0 Å². The topological polar surface area (TPSA) is 60.9 Å². The van der Waals surface area contributed by atoms with Gasteiger partial charge in [0.05, 0.1) is 0 Å². The highest BCUT2D eigenvalue weighted by Gasteiger charge is 2.34. The van der Waals surface area contributed by atoms with Crippen molar-refractivity contribution in [2.75, 3.05) is 33.3 Å². The van der Waals surface area contributed by atoms with Gasteiger partial charge in [-0.25, -0.2) is 0 Å². The average Bonchev–Trinajstić information content (AvgIpc) is 2.66. The maximum Gasteiger partial charge on any atom is 0.253 e. The van der Waals surface area contributed by atoms with Crippen molar-refractivity contribution in [2.24, 2.45) is 5.41 Å². The lowest BCUT2D eigenvalue weighted by Crippen LogP contribution is -2.44. The molecule has 1 heterocycles. The van der Waals surface area contributed by atoms with Gasteiger partial charge < -0.3 is 14.9 Å². The standard InChI is InChI=1S/C19H28N2O3/c1-4-19(14-22)9-11-21(12-10-19)18(24)16-8-6-7-15(13-16)17(23)20(3)5-2/h6-8,13,22H,4-5,9-12,14H2,1-3H3. The fourth-order valence-electron chi connectivity index (χ4n) is 3.14. The van der Waals surface area contributed by atoms with Crippen LogP contribution < -0.4 is 0 Å². The van der Waals surface area contributed by atoms with Gasteiger partial charge in [-0.3, -0.25) is 9.59 Å². The van der Waals surface area contributed by atoms with E-state index in [9.17, 15) is 14.7 Å². The van der Waals surface area contributed by atoms with E-state index in [1.165, 1.54) is 0 Å². The van der Waals surface area contributed by atoms with Crippen LogP contribution in [0.3, 0.4) is 0 Å². The molecule has 5 heteroatoms. The maximum atomic E-state index is 12.7. The van der Waals surface area contributed by atoms with E-state index in [4.69, 9.17) is 0 Å². The number of carbonyl (C=O) groups excluding carboxylic acids is 2. The van der Waals surface area contributed by atoms with Crippen molar-refractivity contribution in [1.29, 1.82) is 0 Å². The number of aliphatic hydroxyl groups excluding tert-OH is 1. The number of carbonyl (C=O) groups is 2. The highest BCUT2D eigenvalue weighted by atomic mass is 16.3. The molecule has 2 rings (SSSR count). The molecule has 0 saturated carbocycles. The van der Waals surface area contributed by atoms with Gasteiger partial charge in [-0.1, -0.05) is 13.0 Å². The molecule has 0 spiro atoms. The van der Waals surface area contributed by atoms with Gasteiger partial charge in [-0.15, -0.1) is 0 Å². The first-order valence-corrected chi connectivity index (χ1v) is 8.72. The molecule has 0 unspecified atom stereocenters. The van der Waals surface area contributed by atoms with Gasteiger partial charge in [-0.2, -0.15) is 0 Å². The number of hydrogen-bond donors (Lipinski definition) is 1. The molecule has 5 nitrogen and oxygen atoms in total. The quantitative estimate of drug-likeness (QED) is 0.901. The molecular weight excluding hydrogens is 304 g/mol. The second-order valence-corrected chi connectivity index (χ2v) is 6.70. The zero-order chi connectivity index (χ0) is 17.7. The van der Waals surface area contributed by atoms with Crippen LogP contribution in [-0.4, -0.2) is 60.0 Å². The van der Waals surface area contributed by atoms with Gasteiger partial charge in [0.15, 0.2) is 0 Å². The van der Waals surface area contributed by atoms with Gasteiger partial charge in [0.2, 0.25) is 0 Å². The number of aliphatic hydroxyl groups is 1. The number of amides is 2. The summed E-state index contributed by atoms with van der Waals surface area (Å²) in [6, 6.07) is 6.96. The third kappa shape index (κ3) is 3.78. The lowest BCUT2D eigenvalue weighted by atomic mass is 9.77. The van der Waals surface area contributed by atoms with Crippen LogP contribution in [0.1, 0.15) is 53.8 Å². The second kappa shape index (κ2) is 7.79. The van der Waals surface area contributed by atoms with Gasteiger partial charge in [-0.05, 0) is 49.8 Å². The van der Waals surface area contributed by atoms with Crippen LogP contribution in [0.25, 0.3) is 0 Å². The minimum absolute atomic E-state index is 0.0357. The summed E-state index contributed by atoms with van der Waals surface area (Å²) in [7, 11) is 1.75. The molecule has 1 saturated heterocycles. The highest BCUT2D eigenvalue weighted by molar-refractivity contribution is 5.99. The third-order valence-corrected chi connectivity index (χ3v) is 5.37. The Bertz CT molecular complexity index is 586. The SMILES string of the molecule is CCN(C)C(=O)c1cccc(C(=O)N2CCC(CC)(CO)CC2)c1. The summed E-state index contributed by atoms with van der Waals surface area (Å²) >= 11 is 0. The molecule has 24 heavy (non-hydrogen) atoms. The normalized spacial score (nSPS) is 16.8. The number of piperidine rings is 1. The van der Waals surface area contributed by atoms with E-state index in [-0.39, 0.29) is 23.8 Å². The number of hydrogen-bond acceptors (Lipinski definition) is 3. The van der Waals surface area contributed by atoms with Gasteiger partial charge >= 0.3 is 0 Å². The Morgan fingerprint density at radius 3 is 2.38 bits per heavy atom. The van der Waals surface area contributed by atoms with Crippen molar-refractivity contribution in [2.45, 2.75) is 33.1 Å². The third-order valence-electron chi connectivity index (χ3n) is 5.37. The van der Waals surface area contributed by atoms with Crippen LogP contribution in [0.4, 0.5) is 0 Å².